The van der Waals surface area contributed by atoms with Crippen LogP contribution in [0.1, 0.15) is 25.8 Å². The van der Waals surface area contributed by atoms with Crippen molar-refractivity contribution < 1.29 is 13.6 Å². The Morgan fingerprint density at radius 2 is 2.10 bits per heavy atom. The Morgan fingerprint density at radius 1 is 1.38 bits per heavy atom. The first-order chi connectivity index (χ1) is 9.95. The molecule has 0 aliphatic heterocycles. The van der Waals surface area contributed by atoms with E-state index in [2.05, 4.69) is 0 Å². The van der Waals surface area contributed by atoms with Gasteiger partial charge in [-0.25, -0.2) is 4.57 Å². The van der Waals surface area contributed by atoms with E-state index in [9.17, 15) is 4.57 Å². The lowest BCUT2D eigenvalue weighted by molar-refractivity contribution is 0.287. The number of halogens is 3. The Morgan fingerprint density at radius 3 is 2.67 bits per heavy atom. The second-order valence-electron chi connectivity index (χ2n) is 3.89. The predicted molar refractivity (Wildman–Crippen MR) is 93.4 cm³/mol. The molecule has 1 rings (SSSR count). The molecule has 0 radical (unpaired) electrons. The van der Waals surface area contributed by atoms with Crippen molar-refractivity contribution in [2.75, 3.05) is 12.4 Å². The van der Waals surface area contributed by atoms with E-state index >= 15 is 0 Å². The molecule has 21 heavy (non-hydrogen) atoms. The van der Waals surface area contributed by atoms with E-state index in [1.165, 1.54) is 5.54 Å². The topological polar surface area (TPSA) is 35.5 Å². The summed E-state index contributed by atoms with van der Waals surface area (Å²) in [7, 11) is 0. The van der Waals surface area contributed by atoms with Crippen molar-refractivity contribution in [2.24, 2.45) is 0 Å². The van der Waals surface area contributed by atoms with E-state index < -0.39 is 6.80 Å². The number of rotatable bonds is 8. The van der Waals surface area contributed by atoms with Gasteiger partial charge in [-0.15, -0.1) is 0 Å². The van der Waals surface area contributed by atoms with Crippen LogP contribution in [0.4, 0.5) is 0 Å². The fraction of sp³-hybridized carbons (Fsp3) is 0.385. The van der Waals surface area contributed by atoms with E-state index in [1.54, 1.807) is 25.1 Å². The van der Waals surface area contributed by atoms with Gasteiger partial charge in [0.15, 0.2) is 0 Å². The lowest BCUT2D eigenvalue weighted by Gasteiger charge is -2.19. The first-order valence-electron chi connectivity index (χ1n) is 6.30. The molecule has 3 nitrogen and oxygen atoms in total. The first-order valence-corrected chi connectivity index (χ1v) is 10.6. The number of benzene rings is 1. The van der Waals surface area contributed by atoms with Crippen molar-refractivity contribution in [3.05, 3.63) is 39.3 Å². The molecule has 1 aromatic carbocycles. The molecule has 0 saturated heterocycles. The molecule has 0 heterocycles. The standard InChI is InChI=1S/C13H16Cl3O3PS/c1-3-7-21-20(17,18-4-2)19-13(9-14)11-8-10(15)5-6-12(11)16/h5-6,8-9H,3-4,7H2,1-2H3. The molecule has 0 aromatic heterocycles. The van der Waals surface area contributed by atoms with Gasteiger partial charge in [0, 0.05) is 21.9 Å². The molecule has 0 bridgehead atoms. The van der Waals surface area contributed by atoms with E-state index in [0.717, 1.165) is 17.8 Å². The first kappa shape index (κ1) is 19.2. The fourth-order valence-electron chi connectivity index (χ4n) is 1.39. The molecule has 8 heteroatoms. The molecule has 0 N–H and O–H groups in total. The van der Waals surface area contributed by atoms with Crippen LogP contribution < -0.4 is 0 Å². The largest absolute Gasteiger partial charge is 0.440 e. The molecule has 1 atom stereocenters. The van der Waals surface area contributed by atoms with E-state index in [4.69, 9.17) is 43.9 Å². The summed E-state index contributed by atoms with van der Waals surface area (Å²) in [5.41, 5.74) is 1.65. The summed E-state index contributed by atoms with van der Waals surface area (Å²) in [4.78, 5) is 0. The van der Waals surface area contributed by atoms with Gasteiger partial charge in [0.25, 0.3) is 0 Å². The molecule has 0 saturated carbocycles. The zero-order chi connectivity index (χ0) is 15.9. The second kappa shape index (κ2) is 9.34. The Bertz CT molecular complexity index is 551. The highest BCUT2D eigenvalue weighted by atomic mass is 35.5. The molecule has 0 aliphatic rings. The third kappa shape index (κ3) is 6.05. The lowest BCUT2D eigenvalue weighted by atomic mass is 10.2. The maximum atomic E-state index is 12.7. The molecule has 118 valence electrons. The Kier molecular flexibility index (Phi) is 8.55. The minimum Gasteiger partial charge on any atom is -0.415 e. The molecule has 0 aliphatic carbocycles. The van der Waals surface area contributed by atoms with Crippen LogP contribution in [0, 0.1) is 0 Å². The van der Waals surface area contributed by atoms with Crippen molar-refractivity contribution in [3.63, 3.8) is 0 Å². The van der Waals surface area contributed by atoms with Gasteiger partial charge in [-0.1, -0.05) is 41.7 Å². The Balaban J connectivity index is 3.04. The Hall–Kier alpha value is 0.170. The highest BCUT2D eigenvalue weighted by Gasteiger charge is 2.28. The molecular weight excluding hydrogens is 374 g/mol. The molecule has 0 amide bonds. The second-order valence-corrected chi connectivity index (χ2v) is 9.07. The normalized spacial score (nSPS) is 14.8. The highest BCUT2D eigenvalue weighted by Crippen LogP contribution is 2.63. The van der Waals surface area contributed by atoms with Gasteiger partial charge in [-0.2, -0.15) is 0 Å². The monoisotopic (exact) mass is 388 g/mol. The van der Waals surface area contributed by atoms with Crippen LogP contribution in [0.2, 0.25) is 10.0 Å². The highest BCUT2D eigenvalue weighted by molar-refractivity contribution is 8.55. The average molecular weight is 390 g/mol. The van der Waals surface area contributed by atoms with Crippen molar-refractivity contribution >= 4 is 58.7 Å². The summed E-state index contributed by atoms with van der Waals surface area (Å²) >= 11 is 19.0. The summed E-state index contributed by atoms with van der Waals surface area (Å²) in [6.45, 7) is 0.654. The predicted octanol–water partition coefficient (Wildman–Crippen LogP) is 6.84. The van der Waals surface area contributed by atoms with Crippen molar-refractivity contribution in [1.29, 1.82) is 0 Å². The van der Waals surface area contributed by atoms with Gasteiger partial charge in [0.1, 0.15) is 5.76 Å². The molecule has 0 fully saturated rings. The van der Waals surface area contributed by atoms with Crippen LogP contribution in [0.5, 0.6) is 0 Å². The van der Waals surface area contributed by atoms with E-state index in [1.807, 2.05) is 6.92 Å². The zero-order valence-corrected chi connectivity index (χ0v) is 15.6. The molecular formula is C13H16Cl3O3PS. The van der Waals surface area contributed by atoms with E-state index in [-0.39, 0.29) is 12.4 Å². The zero-order valence-electron chi connectivity index (χ0n) is 11.6. The third-order valence-electron chi connectivity index (χ3n) is 2.24. The number of hydrogen-bond donors (Lipinski definition) is 0. The van der Waals surface area contributed by atoms with Gasteiger partial charge in [0.05, 0.1) is 11.6 Å². The fourth-order valence-corrected chi connectivity index (χ4v) is 5.44. The summed E-state index contributed by atoms with van der Waals surface area (Å²) < 4.78 is 23.5. The summed E-state index contributed by atoms with van der Waals surface area (Å²) in [5.74, 6) is 0.820. The maximum Gasteiger partial charge on any atom is 0.440 e. The summed E-state index contributed by atoms with van der Waals surface area (Å²) in [5, 5.41) is 0.872. The third-order valence-corrected chi connectivity index (χ3v) is 6.94. The number of hydrogen-bond acceptors (Lipinski definition) is 4. The SMILES string of the molecule is CCCSP(=O)(OCC)OC(=CCl)c1cc(Cl)ccc1Cl. The minimum absolute atomic E-state index is 0.171. The van der Waals surface area contributed by atoms with Crippen molar-refractivity contribution in [2.45, 2.75) is 20.3 Å². The van der Waals surface area contributed by atoms with Gasteiger partial charge >= 0.3 is 6.80 Å². The quantitative estimate of drug-likeness (QED) is 0.360. The molecule has 1 unspecified atom stereocenters. The molecule has 0 spiro atoms. The van der Waals surface area contributed by atoms with Crippen molar-refractivity contribution in [1.82, 2.24) is 0 Å². The lowest BCUT2D eigenvalue weighted by Crippen LogP contribution is -1.95. The van der Waals surface area contributed by atoms with Crippen LogP contribution in [0.15, 0.2) is 23.7 Å². The smallest absolute Gasteiger partial charge is 0.415 e. The molecule has 1 aromatic rings. The summed E-state index contributed by atoms with van der Waals surface area (Å²) in [6, 6.07) is 4.86. The van der Waals surface area contributed by atoms with Crippen LogP contribution in [0.3, 0.4) is 0 Å². The van der Waals surface area contributed by atoms with Gasteiger partial charge in [-0.05, 0) is 42.9 Å². The Labute approximate surface area is 144 Å². The maximum absolute atomic E-state index is 12.7. The van der Waals surface area contributed by atoms with Gasteiger partial charge < -0.3 is 4.52 Å². The average Bonchev–Trinajstić information content (AvgIpc) is 2.46. The van der Waals surface area contributed by atoms with Gasteiger partial charge in [0.2, 0.25) is 0 Å². The van der Waals surface area contributed by atoms with Crippen LogP contribution in [0.25, 0.3) is 5.76 Å². The van der Waals surface area contributed by atoms with Crippen LogP contribution in [-0.4, -0.2) is 12.4 Å². The van der Waals surface area contributed by atoms with Gasteiger partial charge in [-0.3, -0.25) is 4.52 Å². The summed E-state index contributed by atoms with van der Waals surface area (Å²) in [6.07, 6.45) is 0.850. The minimum atomic E-state index is -3.35. The van der Waals surface area contributed by atoms with Crippen molar-refractivity contribution in [3.8, 4) is 0 Å². The van der Waals surface area contributed by atoms with Crippen LogP contribution >= 0.6 is 53.0 Å². The van der Waals surface area contributed by atoms with Crippen LogP contribution in [-0.2, 0) is 13.6 Å². The van der Waals surface area contributed by atoms with E-state index in [0.29, 0.717) is 21.4 Å².